The Morgan fingerprint density at radius 3 is 2.50 bits per heavy atom. The molecule has 0 heterocycles. The highest BCUT2D eigenvalue weighted by Crippen LogP contribution is 2.48. The van der Waals surface area contributed by atoms with E-state index in [-0.39, 0.29) is 18.4 Å². The number of carbonyl (C=O) groups excluding carboxylic acids is 1. The molecular weight excluding hydrogens is 284 g/mol. The van der Waals surface area contributed by atoms with Crippen LogP contribution in [0.1, 0.15) is 25.7 Å². The highest BCUT2D eigenvalue weighted by molar-refractivity contribution is 7.87. The van der Waals surface area contributed by atoms with Crippen LogP contribution in [0.15, 0.2) is 0 Å². The second kappa shape index (κ2) is 7.35. The lowest BCUT2D eigenvalue weighted by Gasteiger charge is -2.20. The molecule has 0 unspecified atom stereocenters. The topological polar surface area (TPSA) is 84.9 Å². The van der Waals surface area contributed by atoms with E-state index >= 15 is 0 Å². The van der Waals surface area contributed by atoms with Crippen molar-refractivity contribution in [2.75, 3.05) is 41.0 Å². The third kappa shape index (κ3) is 5.35. The van der Waals surface area contributed by atoms with Gasteiger partial charge in [-0.05, 0) is 24.7 Å². The first-order valence-corrected chi connectivity index (χ1v) is 8.06. The van der Waals surface area contributed by atoms with Gasteiger partial charge in [-0.25, -0.2) is 4.72 Å². The zero-order valence-electron chi connectivity index (χ0n) is 12.3. The molecule has 118 valence electrons. The van der Waals surface area contributed by atoms with Crippen molar-refractivity contribution in [3.8, 4) is 0 Å². The number of methoxy groups -OCH3 is 2. The van der Waals surface area contributed by atoms with Gasteiger partial charge in [0.15, 0.2) is 0 Å². The van der Waals surface area contributed by atoms with Gasteiger partial charge < -0.3 is 9.47 Å². The number of hydrogen-bond acceptors (Lipinski definition) is 5. The third-order valence-corrected chi connectivity index (χ3v) is 5.20. The minimum atomic E-state index is -3.55. The van der Waals surface area contributed by atoms with Crippen LogP contribution in [0.4, 0.5) is 0 Å². The van der Waals surface area contributed by atoms with Gasteiger partial charge in [-0.2, -0.15) is 12.7 Å². The van der Waals surface area contributed by atoms with Crippen LogP contribution in [0.25, 0.3) is 0 Å². The van der Waals surface area contributed by atoms with E-state index in [9.17, 15) is 13.2 Å². The number of ether oxygens (including phenoxy) is 2. The maximum absolute atomic E-state index is 12.0. The maximum atomic E-state index is 12.0. The van der Waals surface area contributed by atoms with Gasteiger partial charge in [0, 0.05) is 33.9 Å². The lowest BCUT2D eigenvalue weighted by molar-refractivity contribution is -0.140. The first kappa shape index (κ1) is 17.4. The van der Waals surface area contributed by atoms with E-state index in [0.29, 0.717) is 13.2 Å². The van der Waals surface area contributed by atoms with Crippen molar-refractivity contribution < 1.29 is 22.7 Å². The number of hydrogen-bond donors (Lipinski definition) is 1. The zero-order valence-corrected chi connectivity index (χ0v) is 13.2. The second-order valence-corrected chi connectivity index (χ2v) is 7.08. The number of nitrogens with one attached hydrogen (secondary N) is 1. The molecule has 0 saturated heterocycles. The van der Waals surface area contributed by atoms with Crippen LogP contribution in [0.3, 0.4) is 0 Å². The first-order valence-electron chi connectivity index (χ1n) is 6.62. The largest absolute Gasteiger partial charge is 0.469 e. The molecule has 8 heteroatoms. The van der Waals surface area contributed by atoms with Crippen molar-refractivity contribution >= 4 is 16.2 Å². The average molecular weight is 308 g/mol. The van der Waals surface area contributed by atoms with E-state index in [1.54, 1.807) is 7.11 Å². The molecule has 1 aliphatic carbocycles. The molecule has 0 spiro atoms. The smallest absolute Gasteiger partial charge is 0.306 e. The van der Waals surface area contributed by atoms with Gasteiger partial charge in [0.2, 0.25) is 0 Å². The normalized spacial score (nSPS) is 17.2. The standard InChI is InChI=1S/C12H24N2O5S/c1-14(8-4-11(15)19-3)20(16,17)13-10-12(5-6-12)7-9-18-2/h13H,4-10H2,1-3H3. The van der Waals surface area contributed by atoms with Crippen molar-refractivity contribution in [2.24, 2.45) is 5.41 Å². The monoisotopic (exact) mass is 308 g/mol. The molecule has 0 aromatic carbocycles. The Morgan fingerprint density at radius 1 is 1.35 bits per heavy atom. The van der Waals surface area contributed by atoms with Gasteiger partial charge in [-0.1, -0.05) is 0 Å². The Morgan fingerprint density at radius 2 is 2.00 bits per heavy atom. The van der Waals surface area contributed by atoms with Crippen LogP contribution < -0.4 is 4.72 Å². The third-order valence-electron chi connectivity index (χ3n) is 3.69. The number of carbonyl (C=O) groups is 1. The molecule has 1 fully saturated rings. The Kier molecular flexibility index (Phi) is 6.38. The number of esters is 1. The fourth-order valence-electron chi connectivity index (χ4n) is 1.84. The quantitative estimate of drug-likeness (QED) is 0.580. The SMILES string of the molecule is COCCC1(CNS(=O)(=O)N(C)CCC(=O)OC)CC1. The van der Waals surface area contributed by atoms with E-state index in [0.717, 1.165) is 23.6 Å². The van der Waals surface area contributed by atoms with Crippen molar-refractivity contribution in [3.05, 3.63) is 0 Å². The molecule has 0 aromatic rings. The molecule has 1 aliphatic rings. The van der Waals surface area contributed by atoms with Gasteiger partial charge in [-0.3, -0.25) is 4.79 Å². The summed E-state index contributed by atoms with van der Waals surface area (Å²) in [5.41, 5.74) is 0.0479. The fraction of sp³-hybridized carbons (Fsp3) is 0.917. The van der Waals surface area contributed by atoms with E-state index in [4.69, 9.17) is 4.74 Å². The molecule has 0 bridgehead atoms. The molecule has 0 aliphatic heterocycles. The molecule has 0 aromatic heterocycles. The van der Waals surface area contributed by atoms with E-state index in [1.807, 2.05) is 0 Å². The van der Waals surface area contributed by atoms with Gasteiger partial charge in [-0.15, -0.1) is 0 Å². The lowest BCUT2D eigenvalue weighted by Crippen LogP contribution is -2.41. The van der Waals surface area contributed by atoms with Crippen LogP contribution in [0.2, 0.25) is 0 Å². The molecule has 1 N–H and O–H groups in total. The van der Waals surface area contributed by atoms with E-state index < -0.39 is 16.2 Å². The minimum absolute atomic E-state index is 0.0444. The highest BCUT2D eigenvalue weighted by atomic mass is 32.2. The summed E-state index contributed by atoms with van der Waals surface area (Å²) >= 11 is 0. The second-order valence-electron chi connectivity index (χ2n) is 5.22. The summed E-state index contributed by atoms with van der Waals surface area (Å²) in [5.74, 6) is -0.425. The summed E-state index contributed by atoms with van der Waals surface area (Å²) in [7, 11) is 0.816. The molecular formula is C12H24N2O5S. The molecule has 0 radical (unpaired) electrons. The van der Waals surface area contributed by atoms with Crippen LogP contribution in [-0.4, -0.2) is 59.7 Å². The Labute approximate surface area is 120 Å². The van der Waals surface area contributed by atoms with Gasteiger partial charge in [0.05, 0.1) is 13.5 Å². The molecule has 0 atom stereocenters. The summed E-state index contributed by atoms with van der Waals surface area (Å²) in [6.07, 6.45) is 2.94. The van der Waals surface area contributed by atoms with Crippen molar-refractivity contribution in [2.45, 2.75) is 25.7 Å². The predicted octanol–water partition coefficient (Wildman–Crippen LogP) is 0.132. The molecule has 7 nitrogen and oxygen atoms in total. The number of nitrogens with zero attached hydrogens (tertiary/aromatic N) is 1. The lowest BCUT2D eigenvalue weighted by atomic mass is 10.0. The average Bonchev–Trinajstić information content (AvgIpc) is 3.20. The Balaban J connectivity index is 2.39. The summed E-state index contributed by atoms with van der Waals surface area (Å²) in [6.45, 7) is 1.16. The summed E-state index contributed by atoms with van der Waals surface area (Å²) in [5, 5.41) is 0. The van der Waals surface area contributed by atoms with Gasteiger partial charge in [0.1, 0.15) is 0 Å². The van der Waals surface area contributed by atoms with Gasteiger partial charge >= 0.3 is 5.97 Å². The van der Waals surface area contributed by atoms with Crippen LogP contribution in [0.5, 0.6) is 0 Å². The van der Waals surface area contributed by atoms with Crippen molar-refractivity contribution in [1.82, 2.24) is 9.03 Å². The zero-order chi connectivity index (χ0) is 15.2. The minimum Gasteiger partial charge on any atom is -0.469 e. The van der Waals surface area contributed by atoms with E-state index in [2.05, 4.69) is 9.46 Å². The highest BCUT2D eigenvalue weighted by Gasteiger charge is 2.42. The maximum Gasteiger partial charge on any atom is 0.306 e. The summed E-state index contributed by atoms with van der Waals surface area (Å²) in [4.78, 5) is 11.0. The molecule has 1 rings (SSSR count). The van der Waals surface area contributed by atoms with Crippen molar-refractivity contribution in [1.29, 1.82) is 0 Å². The molecule has 1 saturated carbocycles. The van der Waals surface area contributed by atoms with Crippen LogP contribution in [0, 0.1) is 5.41 Å². The first-order chi connectivity index (χ1) is 9.35. The van der Waals surface area contributed by atoms with Crippen LogP contribution >= 0.6 is 0 Å². The number of rotatable bonds is 10. The van der Waals surface area contributed by atoms with E-state index in [1.165, 1.54) is 14.2 Å². The van der Waals surface area contributed by atoms with Crippen LogP contribution in [-0.2, 0) is 24.5 Å². The Bertz CT molecular complexity index is 420. The van der Waals surface area contributed by atoms with Crippen molar-refractivity contribution in [3.63, 3.8) is 0 Å². The summed E-state index contributed by atoms with van der Waals surface area (Å²) in [6, 6.07) is 0. The fourth-order valence-corrected chi connectivity index (χ4v) is 2.88. The predicted molar refractivity (Wildman–Crippen MR) is 74.3 cm³/mol. The van der Waals surface area contributed by atoms with Gasteiger partial charge in [0.25, 0.3) is 10.2 Å². The summed E-state index contributed by atoms with van der Waals surface area (Å²) < 4.78 is 37.3. The molecule has 0 amide bonds. The molecule has 20 heavy (non-hydrogen) atoms. The Hall–Kier alpha value is -0.700.